The number of hydrogen-bond acceptors (Lipinski definition) is 3. The van der Waals surface area contributed by atoms with Crippen LogP contribution in [-0.4, -0.2) is 31.9 Å². The molecule has 1 aliphatic heterocycles. The van der Waals surface area contributed by atoms with Gasteiger partial charge in [0.05, 0.1) is 10.5 Å². The van der Waals surface area contributed by atoms with Crippen LogP contribution in [0.1, 0.15) is 25.3 Å². The first kappa shape index (κ1) is 17.2. The topological polar surface area (TPSA) is 63.4 Å². The summed E-state index contributed by atoms with van der Waals surface area (Å²) in [5, 5.41) is 0. The number of piperidine rings is 1. The van der Waals surface area contributed by atoms with Crippen LogP contribution in [0.3, 0.4) is 0 Å². The largest absolute Gasteiger partial charge is 0.416 e. The standard InChI is InChI=1S/C14H19F3N2O2S/c1-10-6-7-19(12(8-10)9-18)22(20,21)13-4-2-11(3-5-13)14(15,16)17/h2-5,10,12H,6-9,18H2,1H3. The highest BCUT2D eigenvalue weighted by molar-refractivity contribution is 7.89. The maximum absolute atomic E-state index is 12.6. The third kappa shape index (κ3) is 3.44. The Kier molecular flexibility index (Phi) is 4.84. The highest BCUT2D eigenvalue weighted by Crippen LogP contribution is 2.32. The van der Waals surface area contributed by atoms with Crippen molar-refractivity contribution in [2.24, 2.45) is 11.7 Å². The van der Waals surface area contributed by atoms with Gasteiger partial charge in [-0.2, -0.15) is 17.5 Å². The fourth-order valence-corrected chi connectivity index (χ4v) is 4.37. The molecule has 1 aromatic rings. The first-order chi connectivity index (χ1) is 10.2. The van der Waals surface area contributed by atoms with E-state index in [1.807, 2.05) is 6.92 Å². The first-order valence-corrected chi connectivity index (χ1v) is 8.49. The van der Waals surface area contributed by atoms with Crippen LogP contribution in [0, 0.1) is 5.92 Å². The van der Waals surface area contributed by atoms with E-state index >= 15 is 0 Å². The van der Waals surface area contributed by atoms with Crippen LogP contribution >= 0.6 is 0 Å². The van der Waals surface area contributed by atoms with Gasteiger partial charge in [-0.05, 0) is 43.0 Å². The van der Waals surface area contributed by atoms with E-state index in [1.54, 1.807) is 0 Å². The molecule has 2 N–H and O–H groups in total. The maximum Gasteiger partial charge on any atom is 0.416 e. The van der Waals surface area contributed by atoms with Crippen LogP contribution in [0.5, 0.6) is 0 Å². The predicted octanol–water partition coefficient (Wildman–Crippen LogP) is 2.45. The van der Waals surface area contributed by atoms with Gasteiger partial charge in [0.2, 0.25) is 10.0 Å². The Morgan fingerprint density at radius 1 is 1.27 bits per heavy atom. The predicted molar refractivity (Wildman–Crippen MR) is 76.6 cm³/mol. The van der Waals surface area contributed by atoms with Crippen LogP contribution in [0.4, 0.5) is 13.2 Å². The molecule has 1 saturated heterocycles. The van der Waals surface area contributed by atoms with Gasteiger partial charge in [-0.25, -0.2) is 8.42 Å². The molecule has 1 heterocycles. The molecule has 0 saturated carbocycles. The van der Waals surface area contributed by atoms with Crippen LogP contribution < -0.4 is 5.73 Å². The lowest BCUT2D eigenvalue weighted by Crippen LogP contribution is -2.49. The van der Waals surface area contributed by atoms with E-state index in [4.69, 9.17) is 5.73 Å². The molecule has 0 radical (unpaired) electrons. The zero-order chi connectivity index (χ0) is 16.5. The third-order valence-electron chi connectivity index (χ3n) is 3.98. The number of hydrogen-bond donors (Lipinski definition) is 1. The van der Waals surface area contributed by atoms with Gasteiger partial charge in [0.25, 0.3) is 0 Å². The van der Waals surface area contributed by atoms with Crippen molar-refractivity contribution in [2.75, 3.05) is 13.1 Å². The van der Waals surface area contributed by atoms with Crippen LogP contribution in [0.25, 0.3) is 0 Å². The molecule has 0 aliphatic carbocycles. The number of benzene rings is 1. The van der Waals surface area contributed by atoms with Gasteiger partial charge in [0.15, 0.2) is 0 Å². The summed E-state index contributed by atoms with van der Waals surface area (Å²) in [4.78, 5) is -0.131. The van der Waals surface area contributed by atoms with Gasteiger partial charge in [0.1, 0.15) is 0 Å². The average molecular weight is 336 g/mol. The molecular formula is C14H19F3N2O2S. The normalized spacial score (nSPS) is 24.4. The molecule has 8 heteroatoms. The smallest absolute Gasteiger partial charge is 0.329 e. The molecule has 22 heavy (non-hydrogen) atoms. The lowest BCUT2D eigenvalue weighted by molar-refractivity contribution is -0.137. The summed E-state index contributed by atoms with van der Waals surface area (Å²) in [5.74, 6) is 0.382. The molecule has 4 nitrogen and oxygen atoms in total. The van der Waals surface area contributed by atoms with Gasteiger partial charge in [-0.3, -0.25) is 0 Å². The first-order valence-electron chi connectivity index (χ1n) is 7.05. The minimum atomic E-state index is -4.48. The Hall–Kier alpha value is -1.12. The summed E-state index contributed by atoms with van der Waals surface area (Å²) in [6.45, 7) is 2.57. The molecular weight excluding hydrogens is 317 g/mol. The van der Waals surface area contributed by atoms with Crippen molar-refractivity contribution in [1.82, 2.24) is 4.31 Å². The molecule has 1 fully saturated rings. The highest BCUT2D eigenvalue weighted by atomic mass is 32.2. The monoisotopic (exact) mass is 336 g/mol. The van der Waals surface area contributed by atoms with Crippen molar-refractivity contribution in [3.05, 3.63) is 29.8 Å². The Bertz CT molecular complexity index is 614. The number of rotatable bonds is 3. The number of nitrogens with zero attached hydrogens (tertiary/aromatic N) is 1. The molecule has 0 spiro atoms. The summed E-state index contributed by atoms with van der Waals surface area (Å²) in [6.07, 6.45) is -3.10. The number of nitrogens with two attached hydrogens (primary N) is 1. The van der Waals surface area contributed by atoms with Crippen LogP contribution in [-0.2, 0) is 16.2 Å². The molecule has 2 rings (SSSR count). The van der Waals surface area contributed by atoms with Crippen molar-refractivity contribution in [1.29, 1.82) is 0 Å². The second-order valence-electron chi connectivity index (χ2n) is 5.66. The molecule has 2 unspecified atom stereocenters. The SMILES string of the molecule is CC1CCN(S(=O)(=O)c2ccc(C(F)(F)F)cc2)C(CN)C1. The van der Waals surface area contributed by atoms with E-state index in [2.05, 4.69) is 0 Å². The summed E-state index contributed by atoms with van der Waals surface area (Å²) in [6, 6.07) is 3.28. The Balaban J connectivity index is 2.30. The van der Waals surface area contributed by atoms with Crippen molar-refractivity contribution < 1.29 is 21.6 Å². The van der Waals surface area contributed by atoms with Gasteiger partial charge in [-0.15, -0.1) is 0 Å². The fourth-order valence-electron chi connectivity index (χ4n) is 2.71. The van der Waals surface area contributed by atoms with Crippen LogP contribution in [0.15, 0.2) is 29.2 Å². The van der Waals surface area contributed by atoms with E-state index in [9.17, 15) is 21.6 Å². The van der Waals surface area contributed by atoms with E-state index in [0.717, 1.165) is 30.7 Å². The Labute approximate surface area is 128 Å². The molecule has 0 amide bonds. The molecule has 1 aromatic carbocycles. The minimum Gasteiger partial charge on any atom is -0.329 e. The number of alkyl halides is 3. The van der Waals surface area contributed by atoms with E-state index in [1.165, 1.54) is 4.31 Å². The Morgan fingerprint density at radius 2 is 1.86 bits per heavy atom. The van der Waals surface area contributed by atoms with Gasteiger partial charge < -0.3 is 5.73 Å². The maximum atomic E-state index is 12.6. The minimum absolute atomic E-state index is 0.131. The van der Waals surface area contributed by atoms with Crippen molar-refractivity contribution >= 4 is 10.0 Å². The van der Waals surface area contributed by atoms with E-state index in [-0.39, 0.29) is 17.5 Å². The second kappa shape index (κ2) is 6.17. The van der Waals surface area contributed by atoms with Crippen LogP contribution in [0.2, 0.25) is 0 Å². The number of sulfonamides is 1. The summed E-state index contributed by atoms with van der Waals surface area (Å²) < 4.78 is 64.2. The van der Waals surface area contributed by atoms with Crippen molar-refractivity contribution in [2.45, 2.75) is 36.9 Å². The summed E-state index contributed by atoms with van der Waals surface area (Å²) in [5.41, 5.74) is 4.79. The number of halogens is 3. The highest BCUT2D eigenvalue weighted by Gasteiger charge is 2.36. The zero-order valence-corrected chi connectivity index (χ0v) is 13.0. The van der Waals surface area contributed by atoms with E-state index in [0.29, 0.717) is 18.9 Å². The van der Waals surface area contributed by atoms with Crippen molar-refractivity contribution in [3.8, 4) is 0 Å². The van der Waals surface area contributed by atoms with Gasteiger partial charge in [0, 0.05) is 19.1 Å². The van der Waals surface area contributed by atoms with Crippen molar-refractivity contribution in [3.63, 3.8) is 0 Å². The lowest BCUT2D eigenvalue weighted by Gasteiger charge is -2.36. The lowest BCUT2D eigenvalue weighted by atomic mass is 9.94. The molecule has 124 valence electrons. The zero-order valence-electron chi connectivity index (χ0n) is 12.2. The molecule has 0 bridgehead atoms. The van der Waals surface area contributed by atoms with Gasteiger partial charge in [-0.1, -0.05) is 6.92 Å². The molecule has 1 aliphatic rings. The molecule has 0 aromatic heterocycles. The molecule has 2 atom stereocenters. The summed E-state index contributed by atoms with van der Waals surface area (Å²) >= 11 is 0. The average Bonchev–Trinajstić information content (AvgIpc) is 2.46. The second-order valence-corrected chi connectivity index (χ2v) is 7.55. The Morgan fingerprint density at radius 3 is 2.36 bits per heavy atom. The quantitative estimate of drug-likeness (QED) is 0.922. The van der Waals surface area contributed by atoms with E-state index < -0.39 is 21.8 Å². The third-order valence-corrected chi connectivity index (χ3v) is 5.95. The summed E-state index contributed by atoms with van der Waals surface area (Å²) in [7, 11) is -3.82. The van der Waals surface area contributed by atoms with Gasteiger partial charge >= 0.3 is 6.18 Å². The fraction of sp³-hybridized carbons (Fsp3) is 0.571.